The molecule has 16 nitrogen and oxygen atoms in total. The highest BCUT2D eigenvalue weighted by atomic mass is 31.2. The van der Waals surface area contributed by atoms with Crippen LogP contribution in [0.2, 0.25) is 0 Å². The quantitative estimate of drug-likeness (QED) is 0.0691. The number of fused-ring (bicyclic) bond motifs is 5. The van der Waals surface area contributed by atoms with Crippen molar-refractivity contribution in [1.82, 2.24) is 25.6 Å². The number of phosphoric acid groups is 1. The van der Waals surface area contributed by atoms with Crippen LogP contribution in [0.25, 0.3) is 22.5 Å². The van der Waals surface area contributed by atoms with E-state index in [0.29, 0.717) is 56.6 Å². The van der Waals surface area contributed by atoms with Gasteiger partial charge in [0.25, 0.3) is 0 Å². The van der Waals surface area contributed by atoms with Gasteiger partial charge in [0.1, 0.15) is 25.7 Å². The van der Waals surface area contributed by atoms with Crippen LogP contribution in [0.1, 0.15) is 63.4 Å². The number of hydrogen-bond donors (Lipinski definition) is 4. The molecule has 1 aromatic heterocycles. The Morgan fingerprint density at radius 3 is 2.56 bits per heavy atom. The lowest BCUT2D eigenvalue weighted by Gasteiger charge is -2.28. The zero-order valence-electron chi connectivity index (χ0n) is 31.3. The Morgan fingerprint density at radius 1 is 1.05 bits per heavy atom. The number of carboxylic acids is 1. The number of benzene rings is 2. The molecular weight excluding hydrogens is 730 g/mol. The number of aryl methyl sites for hydroxylation is 1. The van der Waals surface area contributed by atoms with Gasteiger partial charge in [-0.1, -0.05) is 60.5 Å². The number of nitrogens with zero attached hydrogens (tertiary/aromatic N) is 4. The Bertz CT molecular complexity index is 1810. The average molecular weight is 781 g/mol. The van der Waals surface area contributed by atoms with Gasteiger partial charge in [0, 0.05) is 50.2 Å². The summed E-state index contributed by atoms with van der Waals surface area (Å²) in [4.78, 5) is 49.9. The Hall–Kier alpha value is -3.96. The summed E-state index contributed by atoms with van der Waals surface area (Å²) in [6.45, 7) is 1.38. The molecule has 2 aliphatic heterocycles. The van der Waals surface area contributed by atoms with E-state index in [9.17, 15) is 28.9 Å². The molecular formula is C37H50BN6O10P. The van der Waals surface area contributed by atoms with Crippen LogP contribution in [0.3, 0.4) is 0 Å². The molecule has 5 rings (SSSR count). The smallest absolute Gasteiger partial charge is 0.472 e. The number of aromatic nitrogens is 3. The molecule has 3 aromatic rings. The molecule has 3 heterocycles. The van der Waals surface area contributed by atoms with Crippen LogP contribution in [0.5, 0.6) is 0 Å². The number of likely N-dealkylation sites (N-methyl/N-ethyl adjacent to an activating group) is 1. The Kier molecular flexibility index (Phi) is 15.6. The van der Waals surface area contributed by atoms with Gasteiger partial charge in [-0.2, -0.15) is 0 Å². The van der Waals surface area contributed by atoms with Gasteiger partial charge in [-0.25, -0.2) is 9.25 Å². The van der Waals surface area contributed by atoms with Gasteiger partial charge in [-0.05, 0) is 50.8 Å². The number of phosphoric ester groups is 1. The molecule has 0 saturated carbocycles. The maximum atomic E-state index is 13.8. The normalized spacial score (nSPS) is 19.3. The highest BCUT2D eigenvalue weighted by Gasteiger charge is 2.39. The lowest BCUT2D eigenvalue weighted by Crippen LogP contribution is -2.34. The second-order valence-electron chi connectivity index (χ2n) is 13.6. The number of carbonyl (C=O) groups excluding carboxylic acids is 2. The predicted octanol–water partition coefficient (Wildman–Crippen LogP) is 3.80. The van der Waals surface area contributed by atoms with Crippen LogP contribution in [0.4, 0.5) is 5.69 Å². The molecule has 0 spiro atoms. The second-order valence-corrected chi connectivity index (χ2v) is 15.0. The largest absolute Gasteiger partial charge is 0.480 e. The van der Waals surface area contributed by atoms with Gasteiger partial charge in [-0.3, -0.25) is 23.4 Å². The summed E-state index contributed by atoms with van der Waals surface area (Å²) in [6, 6.07) is 14.0. The van der Waals surface area contributed by atoms with E-state index in [1.807, 2.05) is 48.5 Å². The molecule has 1 fully saturated rings. The van der Waals surface area contributed by atoms with Crippen LogP contribution in [0.15, 0.2) is 48.5 Å². The maximum absolute atomic E-state index is 13.8. The van der Waals surface area contributed by atoms with Crippen molar-refractivity contribution in [2.45, 2.75) is 95.1 Å². The van der Waals surface area contributed by atoms with Gasteiger partial charge >= 0.3 is 13.8 Å². The molecule has 5 atom stereocenters. The molecule has 4 N–H and O–H groups in total. The third kappa shape index (κ3) is 11.5. The molecule has 296 valence electrons. The zero-order chi connectivity index (χ0) is 39.4. The van der Waals surface area contributed by atoms with E-state index in [1.54, 1.807) is 16.6 Å². The minimum Gasteiger partial charge on any atom is -0.480 e. The van der Waals surface area contributed by atoms with Gasteiger partial charge in [0.15, 0.2) is 0 Å². The summed E-state index contributed by atoms with van der Waals surface area (Å²) in [5.41, 5.74) is 4.59. The fourth-order valence-electron chi connectivity index (χ4n) is 6.83. The van der Waals surface area contributed by atoms with E-state index in [-0.39, 0.29) is 50.8 Å². The first-order valence-corrected chi connectivity index (χ1v) is 20.1. The van der Waals surface area contributed by atoms with Gasteiger partial charge in [0.2, 0.25) is 11.8 Å². The number of ether oxygens (including phenoxy) is 2. The number of anilines is 1. The van der Waals surface area contributed by atoms with Crippen LogP contribution in [-0.4, -0.2) is 109 Å². The topological polar surface area (TPSA) is 204 Å². The number of nitrogens with one attached hydrogen (secondary N) is 2. The lowest BCUT2D eigenvalue weighted by atomic mass is 9.95. The van der Waals surface area contributed by atoms with Crippen LogP contribution >= 0.6 is 7.82 Å². The van der Waals surface area contributed by atoms with Crippen LogP contribution < -0.4 is 15.5 Å². The predicted molar refractivity (Wildman–Crippen MR) is 204 cm³/mol. The Morgan fingerprint density at radius 2 is 1.80 bits per heavy atom. The first-order chi connectivity index (χ1) is 26.5. The van der Waals surface area contributed by atoms with E-state index in [2.05, 4.69) is 20.9 Å². The van der Waals surface area contributed by atoms with Crippen molar-refractivity contribution in [3.63, 3.8) is 0 Å². The van der Waals surface area contributed by atoms with E-state index >= 15 is 0 Å². The molecule has 1 saturated heterocycles. The number of unbranched alkanes of at least 4 members (excludes halogenated alkanes) is 3. The molecule has 55 heavy (non-hydrogen) atoms. The summed E-state index contributed by atoms with van der Waals surface area (Å²) < 4.78 is 35.1. The summed E-state index contributed by atoms with van der Waals surface area (Å²) in [7, 11) is 4.60. The van der Waals surface area contributed by atoms with Crippen molar-refractivity contribution in [3.8, 4) is 22.5 Å². The lowest BCUT2D eigenvalue weighted by molar-refractivity contribution is -0.139. The number of para-hydroxylation sites is 1. The summed E-state index contributed by atoms with van der Waals surface area (Å²) in [5.74, 6) is -1.34. The van der Waals surface area contributed by atoms with Gasteiger partial charge in [0.05, 0.1) is 37.2 Å². The highest BCUT2D eigenvalue weighted by Crippen LogP contribution is 2.47. The number of methoxy groups -OCH3 is 1. The highest BCUT2D eigenvalue weighted by molar-refractivity contribution is 7.47. The van der Waals surface area contributed by atoms with Crippen molar-refractivity contribution < 1.29 is 47.5 Å². The van der Waals surface area contributed by atoms with Crippen molar-refractivity contribution in [1.29, 1.82) is 0 Å². The van der Waals surface area contributed by atoms with E-state index in [4.69, 9.17) is 26.4 Å². The van der Waals surface area contributed by atoms with Gasteiger partial charge < -0.3 is 35.0 Å². The molecule has 2 radical (unpaired) electrons. The molecule has 2 aromatic carbocycles. The fourth-order valence-corrected chi connectivity index (χ4v) is 7.82. The number of amides is 2. The summed E-state index contributed by atoms with van der Waals surface area (Å²) in [5, 5.41) is 24.2. The third-order valence-electron chi connectivity index (χ3n) is 9.64. The molecule has 2 aliphatic rings. The fraction of sp³-hybridized carbons (Fsp3) is 0.541. The number of carboxylic acid groups (broad SMARTS) is 1. The first-order valence-electron chi connectivity index (χ1n) is 18.6. The monoisotopic (exact) mass is 780 g/mol. The minimum atomic E-state index is -4.30. The minimum absolute atomic E-state index is 0.00382. The summed E-state index contributed by atoms with van der Waals surface area (Å²) in [6.07, 6.45) is 2.70. The van der Waals surface area contributed by atoms with Crippen molar-refractivity contribution in [2.75, 3.05) is 38.8 Å². The first kappa shape index (κ1) is 42.2. The Balaban J connectivity index is 1.09. The van der Waals surface area contributed by atoms with Crippen molar-refractivity contribution in [2.24, 2.45) is 0 Å². The van der Waals surface area contributed by atoms with E-state index in [0.717, 1.165) is 28.8 Å². The van der Waals surface area contributed by atoms with Crippen molar-refractivity contribution >= 4 is 39.1 Å². The average Bonchev–Trinajstić information content (AvgIpc) is 3.73. The molecule has 2 amide bonds. The molecule has 2 unspecified atom stereocenters. The number of hydrogen-bond acceptors (Lipinski definition) is 11. The van der Waals surface area contributed by atoms with Crippen LogP contribution in [-0.2, 0) is 50.6 Å². The standard InChI is InChI=1S/C37H50BN6O10P/c1-39-28(37(47)48)15-11-20-44-36-26-13-6-5-12-25(26)23-43(29-16-8-7-14-27(29)35(36)41-42-44)34(46)18-17-33(45)40-19-9-3-4-10-21-52-55(49,50)54-30-22-32(38)53-31(30)24-51-2/h5-8,12-14,16,28,30-32,39H,3-4,9-11,15,17-24H2,1-2H3,(H,40,45)(H,47,48)(H,49,50)/t28?,30-,31-,32-/m1/s1. The van der Waals surface area contributed by atoms with Gasteiger partial charge in [-0.15, -0.1) is 5.10 Å². The second kappa shape index (κ2) is 20.3. The number of carbonyl (C=O) groups is 3. The van der Waals surface area contributed by atoms with E-state index < -0.39 is 38.0 Å². The molecule has 0 aliphatic carbocycles. The molecule has 0 bridgehead atoms. The number of rotatable bonds is 21. The molecule has 18 heteroatoms. The zero-order valence-corrected chi connectivity index (χ0v) is 32.2. The Labute approximate surface area is 322 Å². The third-order valence-corrected chi connectivity index (χ3v) is 10.7. The maximum Gasteiger partial charge on any atom is 0.472 e. The van der Waals surface area contributed by atoms with E-state index in [1.165, 1.54) is 7.11 Å². The summed E-state index contributed by atoms with van der Waals surface area (Å²) >= 11 is 0. The SMILES string of the molecule is [B][C@H]1C[C@@H](OP(=O)(O)OCCCCCCNC(=O)CCC(=O)N2Cc3ccccc3-c3c(nnn3CCCC(NC)C(=O)O)-c3ccccc32)[C@@H](COC)O1. The number of aliphatic carboxylic acids is 1. The van der Waals surface area contributed by atoms with Crippen LogP contribution in [0, 0.1) is 0 Å². The van der Waals surface area contributed by atoms with Crippen molar-refractivity contribution in [3.05, 3.63) is 54.1 Å².